The van der Waals surface area contributed by atoms with Crippen molar-refractivity contribution >= 4 is 5.91 Å². The Morgan fingerprint density at radius 3 is 2.82 bits per heavy atom. The van der Waals surface area contributed by atoms with Crippen molar-refractivity contribution < 1.29 is 4.79 Å². The van der Waals surface area contributed by atoms with Gasteiger partial charge in [-0.2, -0.15) is 0 Å². The smallest absolute Gasteiger partial charge is 0.222 e. The lowest BCUT2D eigenvalue weighted by Gasteiger charge is -2.36. The fraction of sp³-hybridized carbons (Fsp3) is 0.929. The molecule has 1 aliphatic heterocycles. The second kappa shape index (κ2) is 7.70. The van der Waals surface area contributed by atoms with Crippen LogP contribution in [-0.2, 0) is 4.79 Å². The van der Waals surface area contributed by atoms with E-state index in [1.807, 2.05) is 0 Å². The summed E-state index contributed by atoms with van der Waals surface area (Å²) in [6, 6.07) is 0.497. The first kappa shape index (κ1) is 14.5. The maximum atomic E-state index is 12.1. The number of carbonyl (C=O) groups is 1. The highest BCUT2D eigenvalue weighted by molar-refractivity contribution is 5.76. The topological polar surface area (TPSA) is 46.3 Å². The van der Waals surface area contributed by atoms with Gasteiger partial charge in [0.05, 0.1) is 0 Å². The summed E-state index contributed by atoms with van der Waals surface area (Å²) in [5, 5.41) is 0. The lowest BCUT2D eigenvalue weighted by Crippen LogP contribution is -2.43. The van der Waals surface area contributed by atoms with Gasteiger partial charge in [-0.15, -0.1) is 0 Å². The van der Waals surface area contributed by atoms with Gasteiger partial charge in [0.1, 0.15) is 0 Å². The normalized spacial score (nSPS) is 20.9. The quantitative estimate of drug-likeness (QED) is 0.775. The summed E-state index contributed by atoms with van der Waals surface area (Å²) in [4.78, 5) is 14.2. The van der Waals surface area contributed by atoms with E-state index in [0.29, 0.717) is 24.9 Å². The Balaban J connectivity index is 2.44. The second-order valence-corrected chi connectivity index (χ2v) is 5.60. The number of rotatable bonds is 6. The fourth-order valence-corrected chi connectivity index (χ4v) is 2.55. The molecule has 1 saturated heterocycles. The van der Waals surface area contributed by atoms with Crippen LogP contribution in [0.2, 0.25) is 0 Å². The largest absolute Gasteiger partial charge is 0.340 e. The molecule has 0 aromatic heterocycles. The summed E-state index contributed by atoms with van der Waals surface area (Å²) in [5.74, 6) is 1.06. The molecule has 0 aromatic carbocycles. The van der Waals surface area contributed by atoms with Crippen LogP contribution in [0, 0.1) is 5.92 Å². The lowest BCUT2D eigenvalue weighted by molar-refractivity contribution is -0.135. The van der Waals surface area contributed by atoms with Crippen molar-refractivity contribution in [3.8, 4) is 0 Å². The number of nitrogens with two attached hydrogens (primary N) is 1. The zero-order valence-electron chi connectivity index (χ0n) is 11.5. The van der Waals surface area contributed by atoms with Gasteiger partial charge in [-0.3, -0.25) is 4.79 Å². The van der Waals surface area contributed by atoms with Crippen molar-refractivity contribution in [3.63, 3.8) is 0 Å². The molecule has 1 unspecified atom stereocenters. The molecule has 0 saturated carbocycles. The fourth-order valence-electron chi connectivity index (χ4n) is 2.55. The van der Waals surface area contributed by atoms with Crippen molar-refractivity contribution in [1.29, 1.82) is 0 Å². The van der Waals surface area contributed by atoms with Crippen LogP contribution in [-0.4, -0.2) is 29.9 Å². The Morgan fingerprint density at radius 1 is 1.41 bits per heavy atom. The average Bonchev–Trinajstić information content (AvgIpc) is 2.33. The van der Waals surface area contributed by atoms with Crippen molar-refractivity contribution in [3.05, 3.63) is 0 Å². The first-order valence-electron chi connectivity index (χ1n) is 7.14. The van der Waals surface area contributed by atoms with Crippen LogP contribution in [0.1, 0.15) is 58.8 Å². The zero-order chi connectivity index (χ0) is 12.7. The molecule has 3 heteroatoms. The number of piperidine rings is 1. The highest BCUT2D eigenvalue weighted by Gasteiger charge is 2.25. The van der Waals surface area contributed by atoms with Crippen molar-refractivity contribution in [2.24, 2.45) is 11.7 Å². The molecule has 0 aliphatic carbocycles. The van der Waals surface area contributed by atoms with Crippen LogP contribution in [0.4, 0.5) is 0 Å². The third-order valence-electron chi connectivity index (χ3n) is 3.62. The molecule has 0 bridgehead atoms. The van der Waals surface area contributed by atoms with Gasteiger partial charge in [-0.05, 0) is 51.0 Å². The lowest BCUT2D eigenvalue weighted by atomic mass is 9.94. The SMILES string of the molecule is CC(C)CCC1CCCCN1C(=O)CCCN. The summed E-state index contributed by atoms with van der Waals surface area (Å²) in [6.45, 7) is 6.09. The summed E-state index contributed by atoms with van der Waals surface area (Å²) in [6.07, 6.45) is 7.51. The predicted octanol–water partition coefficient (Wildman–Crippen LogP) is 2.54. The number of amides is 1. The Kier molecular flexibility index (Phi) is 6.56. The molecule has 1 fully saturated rings. The maximum Gasteiger partial charge on any atom is 0.222 e. The van der Waals surface area contributed by atoms with Gasteiger partial charge < -0.3 is 10.6 Å². The number of hydrogen-bond donors (Lipinski definition) is 1. The molecular formula is C14H28N2O. The first-order chi connectivity index (χ1) is 8.15. The number of likely N-dealkylation sites (tertiary alicyclic amines) is 1. The van der Waals surface area contributed by atoms with Crippen LogP contribution in [0.25, 0.3) is 0 Å². The molecular weight excluding hydrogens is 212 g/mol. The molecule has 1 rings (SSSR count). The van der Waals surface area contributed by atoms with Gasteiger partial charge >= 0.3 is 0 Å². The van der Waals surface area contributed by atoms with Crippen LogP contribution in [0.15, 0.2) is 0 Å². The predicted molar refractivity (Wildman–Crippen MR) is 71.7 cm³/mol. The van der Waals surface area contributed by atoms with Crippen molar-refractivity contribution in [2.75, 3.05) is 13.1 Å². The molecule has 100 valence electrons. The van der Waals surface area contributed by atoms with E-state index in [0.717, 1.165) is 18.9 Å². The molecule has 0 aromatic rings. The van der Waals surface area contributed by atoms with E-state index in [1.54, 1.807) is 0 Å². The van der Waals surface area contributed by atoms with E-state index < -0.39 is 0 Å². The summed E-state index contributed by atoms with van der Waals surface area (Å²) < 4.78 is 0. The van der Waals surface area contributed by atoms with Crippen LogP contribution < -0.4 is 5.73 Å². The molecule has 3 nitrogen and oxygen atoms in total. The second-order valence-electron chi connectivity index (χ2n) is 5.60. The van der Waals surface area contributed by atoms with E-state index in [-0.39, 0.29) is 0 Å². The highest BCUT2D eigenvalue weighted by atomic mass is 16.2. The van der Waals surface area contributed by atoms with Crippen molar-refractivity contribution in [2.45, 2.75) is 64.8 Å². The van der Waals surface area contributed by atoms with Gasteiger partial charge in [-0.1, -0.05) is 13.8 Å². The minimum atomic E-state index is 0.323. The molecule has 1 amide bonds. The van der Waals surface area contributed by atoms with Gasteiger partial charge in [0.25, 0.3) is 0 Å². The standard InChI is InChI=1S/C14H28N2O/c1-12(2)8-9-13-6-3-4-11-16(13)14(17)7-5-10-15/h12-13H,3-11,15H2,1-2H3. The Labute approximate surface area is 106 Å². The van der Waals surface area contributed by atoms with Gasteiger partial charge in [-0.25, -0.2) is 0 Å². The van der Waals surface area contributed by atoms with Gasteiger partial charge in [0.15, 0.2) is 0 Å². The Hall–Kier alpha value is -0.570. The highest BCUT2D eigenvalue weighted by Crippen LogP contribution is 2.23. The number of nitrogens with zero attached hydrogens (tertiary/aromatic N) is 1. The van der Waals surface area contributed by atoms with Crippen molar-refractivity contribution in [1.82, 2.24) is 4.90 Å². The molecule has 17 heavy (non-hydrogen) atoms. The van der Waals surface area contributed by atoms with Crippen LogP contribution >= 0.6 is 0 Å². The van der Waals surface area contributed by atoms with E-state index >= 15 is 0 Å². The monoisotopic (exact) mass is 240 g/mol. The molecule has 0 spiro atoms. The van der Waals surface area contributed by atoms with E-state index in [9.17, 15) is 4.79 Å². The zero-order valence-corrected chi connectivity index (χ0v) is 11.5. The molecule has 1 heterocycles. The third-order valence-corrected chi connectivity index (χ3v) is 3.62. The Morgan fingerprint density at radius 2 is 2.18 bits per heavy atom. The number of carbonyl (C=O) groups excluding carboxylic acids is 1. The average molecular weight is 240 g/mol. The Bertz CT molecular complexity index is 228. The summed E-state index contributed by atoms with van der Waals surface area (Å²) in [7, 11) is 0. The van der Waals surface area contributed by atoms with E-state index in [2.05, 4.69) is 18.7 Å². The molecule has 1 atom stereocenters. The molecule has 2 N–H and O–H groups in total. The summed E-state index contributed by atoms with van der Waals surface area (Å²) >= 11 is 0. The first-order valence-corrected chi connectivity index (χ1v) is 7.14. The van der Waals surface area contributed by atoms with Crippen LogP contribution in [0.3, 0.4) is 0 Å². The number of hydrogen-bond acceptors (Lipinski definition) is 2. The minimum Gasteiger partial charge on any atom is -0.340 e. The van der Waals surface area contributed by atoms with E-state index in [4.69, 9.17) is 5.73 Å². The molecule has 1 aliphatic rings. The van der Waals surface area contributed by atoms with Gasteiger partial charge in [0.2, 0.25) is 5.91 Å². The molecule has 0 radical (unpaired) electrons. The van der Waals surface area contributed by atoms with Gasteiger partial charge in [0, 0.05) is 19.0 Å². The third kappa shape index (κ3) is 5.07. The van der Waals surface area contributed by atoms with E-state index in [1.165, 1.54) is 32.1 Å². The maximum absolute atomic E-state index is 12.1. The summed E-state index contributed by atoms with van der Waals surface area (Å²) in [5.41, 5.74) is 5.47. The minimum absolute atomic E-state index is 0.323. The van der Waals surface area contributed by atoms with Crippen LogP contribution in [0.5, 0.6) is 0 Å².